The molecule has 5 nitrogen and oxygen atoms in total. The molecule has 1 aromatic carbocycles. The van der Waals surface area contributed by atoms with Gasteiger partial charge in [0, 0.05) is 37.5 Å². The average Bonchev–Trinajstić information content (AvgIpc) is 3.28. The normalized spacial score (nSPS) is 19.0. The Bertz CT molecular complexity index is 832. The molecule has 2 aromatic rings. The van der Waals surface area contributed by atoms with Gasteiger partial charge in [-0.05, 0) is 50.1 Å². The fraction of sp³-hybridized carbons (Fsp3) is 0.429. The van der Waals surface area contributed by atoms with Gasteiger partial charge in [-0.2, -0.15) is 0 Å². The van der Waals surface area contributed by atoms with Crippen molar-refractivity contribution in [3.8, 4) is 5.75 Å². The number of hydrogen-bond acceptors (Lipinski definition) is 5. The van der Waals surface area contributed by atoms with E-state index in [1.165, 1.54) is 5.56 Å². The maximum atomic E-state index is 5.86. The molecule has 1 fully saturated rings. The highest BCUT2D eigenvalue weighted by atomic mass is 16.5. The van der Waals surface area contributed by atoms with Gasteiger partial charge in [0.1, 0.15) is 11.6 Å². The van der Waals surface area contributed by atoms with Crippen LogP contribution >= 0.6 is 0 Å². The van der Waals surface area contributed by atoms with E-state index in [0.717, 1.165) is 54.5 Å². The van der Waals surface area contributed by atoms with Gasteiger partial charge < -0.3 is 14.4 Å². The Hall–Kier alpha value is -2.40. The van der Waals surface area contributed by atoms with Gasteiger partial charge in [0.05, 0.1) is 24.5 Å². The lowest BCUT2D eigenvalue weighted by molar-refractivity contribution is 0.121. The van der Waals surface area contributed by atoms with E-state index in [9.17, 15) is 0 Å². The SMILES string of the molecule is CO[C@H]1CCN(c2cc(C3=NCc4ccc(OC(C)C)cc43)ccn2)C1. The Morgan fingerprint density at radius 2 is 2.08 bits per heavy atom. The molecule has 1 atom stereocenters. The number of nitrogens with zero attached hydrogens (tertiary/aromatic N) is 3. The van der Waals surface area contributed by atoms with Crippen molar-refractivity contribution in [2.24, 2.45) is 4.99 Å². The standard InChI is InChI=1S/C21H25N3O2/c1-14(2)26-17-5-4-16-12-23-21(19(16)11-17)15-6-8-22-20(10-15)24-9-7-18(13-24)25-3/h4-6,8,10-11,14,18H,7,9,12-13H2,1-3H3/t18-/m0/s1. The minimum absolute atomic E-state index is 0.159. The van der Waals surface area contributed by atoms with Crippen LogP contribution in [0, 0.1) is 0 Å². The van der Waals surface area contributed by atoms with Gasteiger partial charge in [0.15, 0.2) is 0 Å². The first-order valence-corrected chi connectivity index (χ1v) is 9.22. The van der Waals surface area contributed by atoms with Crippen molar-refractivity contribution < 1.29 is 9.47 Å². The number of benzene rings is 1. The number of hydrogen-bond donors (Lipinski definition) is 0. The Morgan fingerprint density at radius 3 is 2.85 bits per heavy atom. The quantitative estimate of drug-likeness (QED) is 0.828. The second-order valence-electron chi connectivity index (χ2n) is 7.15. The maximum absolute atomic E-state index is 5.86. The molecule has 5 heteroatoms. The minimum Gasteiger partial charge on any atom is -0.491 e. The molecule has 0 saturated carbocycles. The summed E-state index contributed by atoms with van der Waals surface area (Å²) in [5.74, 6) is 1.89. The third-order valence-electron chi connectivity index (χ3n) is 4.94. The second kappa shape index (κ2) is 7.08. The van der Waals surface area contributed by atoms with Crippen molar-refractivity contribution in [2.75, 3.05) is 25.1 Å². The average molecular weight is 351 g/mol. The van der Waals surface area contributed by atoms with E-state index in [0.29, 0.717) is 6.10 Å². The molecule has 3 heterocycles. The number of anilines is 1. The van der Waals surface area contributed by atoms with Crippen LogP contribution in [0.4, 0.5) is 5.82 Å². The first-order valence-electron chi connectivity index (χ1n) is 9.22. The first-order chi connectivity index (χ1) is 12.6. The summed E-state index contributed by atoms with van der Waals surface area (Å²) in [4.78, 5) is 11.6. The fourth-order valence-corrected chi connectivity index (χ4v) is 3.62. The van der Waals surface area contributed by atoms with E-state index >= 15 is 0 Å². The number of aromatic nitrogens is 1. The zero-order chi connectivity index (χ0) is 18.1. The van der Waals surface area contributed by atoms with Gasteiger partial charge >= 0.3 is 0 Å². The van der Waals surface area contributed by atoms with Crippen molar-refractivity contribution in [2.45, 2.75) is 39.0 Å². The predicted octanol–water partition coefficient (Wildman–Crippen LogP) is 3.44. The molecule has 0 unspecified atom stereocenters. The molecule has 0 amide bonds. The lowest BCUT2D eigenvalue weighted by Gasteiger charge is -2.18. The fourth-order valence-electron chi connectivity index (χ4n) is 3.62. The Morgan fingerprint density at radius 1 is 1.19 bits per heavy atom. The van der Waals surface area contributed by atoms with E-state index in [4.69, 9.17) is 14.5 Å². The summed E-state index contributed by atoms with van der Waals surface area (Å²) in [5, 5.41) is 0. The third kappa shape index (κ3) is 3.31. The number of rotatable bonds is 5. The molecule has 26 heavy (non-hydrogen) atoms. The molecular formula is C21H25N3O2. The summed E-state index contributed by atoms with van der Waals surface area (Å²) >= 11 is 0. The van der Waals surface area contributed by atoms with Crippen LogP contribution in [0.5, 0.6) is 5.75 Å². The van der Waals surface area contributed by atoms with Crippen molar-refractivity contribution in [1.82, 2.24) is 4.98 Å². The van der Waals surface area contributed by atoms with Crippen LogP contribution in [0.1, 0.15) is 37.0 Å². The van der Waals surface area contributed by atoms with Gasteiger partial charge in [0.25, 0.3) is 0 Å². The van der Waals surface area contributed by atoms with Crippen molar-refractivity contribution in [3.63, 3.8) is 0 Å². The number of aliphatic imine (C=N–C) groups is 1. The Balaban J connectivity index is 1.61. The summed E-state index contributed by atoms with van der Waals surface area (Å²) in [6.45, 7) is 6.67. The second-order valence-corrected chi connectivity index (χ2v) is 7.15. The van der Waals surface area contributed by atoms with Gasteiger partial charge in [-0.25, -0.2) is 4.98 Å². The lowest BCUT2D eigenvalue weighted by Crippen LogP contribution is -2.23. The largest absolute Gasteiger partial charge is 0.491 e. The molecule has 0 spiro atoms. The molecule has 136 valence electrons. The smallest absolute Gasteiger partial charge is 0.129 e. The molecular weight excluding hydrogens is 326 g/mol. The monoisotopic (exact) mass is 351 g/mol. The van der Waals surface area contributed by atoms with Crippen LogP contribution in [0.2, 0.25) is 0 Å². The van der Waals surface area contributed by atoms with Crippen LogP contribution < -0.4 is 9.64 Å². The van der Waals surface area contributed by atoms with Crippen molar-refractivity contribution >= 4 is 11.5 Å². The van der Waals surface area contributed by atoms with Crippen molar-refractivity contribution in [1.29, 1.82) is 0 Å². The van der Waals surface area contributed by atoms with Gasteiger partial charge in [0.2, 0.25) is 0 Å². The Kier molecular flexibility index (Phi) is 4.64. The number of pyridine rings is 1. The Labute approximate surface area is 154 Å². The molecule has 1 saturated heterocycles. The highest BCUT2D eigenvalue weighted by Crippen LogP contribution is 2.29. The van der Waals surface area contributed by atoms with Crippen LogP contribution in [-0.4, -0.2) is 43.1 Å². The van der Waals surface area contributed by atoms with Gasteiger partial charge in [-0.15, -0.1) is 0 Å². The van der Waals surface area contributed by atoms with Crippen molar-refractivity contribution in [3.05, 3.63) is 53.2 Å². The molecule has 0 N–H and O–H groups in total. The zero-order valence-corrected chi connectivity index (χ0v) is 15.6. The molecule has 2 aliphatic rings. The van der Waals surface area contributed by atoms with E-state index < -0.39 is 0 Å². The number of methoxy groups -OCH3 is 1. The summed E-state index contributed by atoms with van der Waals surface area (Å²) in [6.07, 6.45) is 3.37. The van der Waals surface area contributed by atoms with Gasteiger partial charge in [-0.3, -0.25) is 4.99 Å². The molecule has 0 radical (unpaired) electrons. The highest BCUT2D eigenvalue weighted by Gasteiger charge is 2.24. The molecule has 2 aliphatic heterocycles. The lowest BCUT2D eigenvalue weighted by atomic mass is 10.0. The van der Waals surface area contributed by atoms with E-state index in [1.54, 1.807) is 7.11 Å². The summed E-state index contributed by atoms with van der Waals surface area (Å²) in [5.41, 5.74) is 4.54. The number of ether oxygens (including phenoxy) is 2. The molecule has 0 aliphatic carbocycles. The van der Waals surface area contributed by atoms with Gasteiger partial charge in [-0.1, -0.05) is 6.07 Å². The minimum atomic E-state index is 0.159. The van der Waals surface area contributed by atoms with E-state index in [2.05, 4.69) is 28.1 Å². The molecule has 0 bridgehead atoms. The van der Waals surface area contributed by atoms with Crippen LogP contribution in [-0.2, 0) is 11.3 Å². The third-order valence-corrected chi connectivity index (χ3v) is 4.94. The maximum Gasteiger partial charge on any atom is 0.129 e. The summed E-state index contributed by atoms with van der Waals surface area (Å²) < 4.78 is 11.3. The zero-order valence-electron chi connectivity index (χ0n) is 15.6. The topological polar surface area (TPSA) is 47.0 Å². The van der Waals surface area contributed by atoms with E-state index in [1.807, 2.05) is 32.2 Å². The van der Waals surface area contributed by atoms with Crippen LogP contribution in [0.3, 0.4) is 0 Å². The summed E-state index contributed by atoms with van der Waals surface area (Å²) in [6, 6.07) is 10.4. The van der Waals surface area contributed by atoms with E-state index in [-0.39, 0.29) is 6.10 Å². The predicted molar refractivity (Wildman–Crippen MR) is 103 cm³/mol. The molecule has 1 aromatic heterocycles. The first kappa shape index (κ1) is 17.0. The van der Waals surface area contributed by atoms with Crippen LogP contribution in [0.25, 0.3) is 0 Å². The van der Waals surface area contributed by atoms with Crippen LogP contribution in [0.15, 0.2) is 41.5 Å². The molecule has 4 rings (SSSR count). The number of fused-ring (bicyclic) bond motifs is 1. The highest BCUT2D eigenvalue weighted by molar-refractivity contribution is 6.15. The summed E-state index contributed by atoms with van der Waals surface area (Å²) in [7, 11) is 1.78.